The number of nitrogens with two attached hydrogens (primary N) is 1. The molecule has 2 aromatic carbocycles. The van der Waals surface area contributed by atoms with E-state index in [1.54, 1.807) is 11.0 Å². The molecule has 0 radical (unpaired) electrons. The largest absolute Gasteiger partial charge is 0.462 e. The van der Waals surface area contributed by atoms with Gasteiger partial charge in [0.25, 0.3) is 0 Å². The zero-order valence-corrected chi connectivity index (χ0v) is 27.4. The van der Waals surface area contributed by atoms with Gasteiger partial charge in [0.15, 0.2) is 5.82 Å². The van der Waals surface area contributed by atoms with Crippen molar-refractivity contribution >= 4 is 60.7 Å². The number of nitriles is 1. The molecule has 46 heavy (non-hydrogen) atoms. The standard InChI is InChI=1S/C33H34ClF2N7O2S/c1-5-25(44)43-13-11-24(17(43)3)41(4)32-20-14-22(34)27(19-9-10-23(35)30-26(19)21(15-37)31(38)46-30)28(36)29(20)39-33(40-32)45-16-18-8-7-12-42(18)6-2/h5,9-10,14,17-18,24H,1,6-8,11-13,16,38H2,2-4H3. The van der Waals surface area contributed by atoms with E-state index >= 15 is 4.39 Å². The number of hydrogen-bond donors (Lipinski definition) is 1. The summed E-state index contributed by atoms with van der Waals surface area (Å²) in [7, 11) is 1.85. The molecule has 9 nitrogen and oxygen atoms in total. The molecule has 0 bridgehead atoms. The molecule has 2 fully saturated rings. The second kappa shape index (κ2) is 12.6. The molecule has 6 rings (SSSR count). The second-order valence-corrected chi connectivity index (χ2v) is 13.2. The first-order chi connectivity index (χ1) is 22.1. The topological polar surface area (TPSA) is 112 Å². The van der Waals surface area contributed by atoms with Gasteiger partial charge >= 0.3 is 6.01 Å². The predicted molar refractivity (Wildman–Crippen MR) is 178 cm³/mol. The fourth-order valence-corrected chi connectivity index (χ4v) is 8.19. The average molecular weight is 666 g/mol. The Labute approximate surface area is 274 Å². The highest BCUT2D eigenvalue weighted by atomic mass is 35.5. The zero-order chi connectivity index (χ0) is 32.9. The van der Waals surface area contributed by atoms with E-state index in [9.17, 15) is 14.4 Å². The van der Waals surface area contributed by atoms with E-state index in [-0.39, 0.29) is 72.4 Å². The maximum absolute atomic E-state index is 16.9. The van der Waals surface area contributed by atoms with Gasteiger partial charge in [0, 0.05) is 42.0 Å². The number of carbonyl (C=O) groups is 1. The lowest BCUT2D eigenvalue weighted by Crippen LogP contribution is -2.43. The minimum absolute atomic E-state index is 0.0101. The normalized spacial score (nSPS) is 20.0. The van der Waals surface area contributed by atoms with Crippen LogP contribution in [0.1, 0.15) is 38.7 Å². The van der Waals surface area contributed by atoms with Crippen LogP contribution in [-0.4, -0.2) is 77.1 Å². The van der Waals surface area contributed by atoms with E-state index in [1.807, 2.05) is 24.9 Å². The lowest BCUT2D eigenvalue weighted by molar-refractivity contribution is -0.126. The second-order valence-electron chi connectivity index (χ2n) is 11.7. The van der Waals surface area contributed by atoms with Gasteiger partial charge in [-0.15, -0.1) is 11.3 Å². The molecule has 2 aliphatic heterocycles. The average Bonchev–Trinajstić information content (AvgIpc) is 3.76. The fraction of sp³-hybridized carbons (Fsp3) is 0.394. The van der Waals surface area contributed by atoms with Crippen molar-refractivity contribution in [1.29, 1.82) is 5.26 Å². The highest BCUT2D eigenvalue weighted by Gasteiger charge is 2.37. The van der Waals surface area contributed by atoms with Gasteiger partial charge in [0.05, 0.1) is 21.3 Å². The molecular formula is C33H34ClF2N7O2S. The number of thiophene rings is 1. The number of halogens is 3. The maximum Gasteiger partial charge on any atom is 0.319 e. The summed E-state index contributed by atoms with van der Waals surface area (Å²) in [6.45, 7) is 10.4. The number of benzene rings is 2. The van der Waals surface area contributed by atoms with Crippen LogP contribution in [0.5, 0.6) is 6.01 Å². The Morgan fingerprint density at radius 3 is 2.83 bits per heavy atom. The summed E-state index contributed by atoms with van der Waals surface area (Å²) in [5.41, 5.74) is 6.28. The number of anilines is 2. The molecule has 3 atom stereocenters. The highest BCUT2D eigenvalue weighted by Crippen LogP contribution is 2.46. The van der Waals surface area contributed by atoms with Gasteiger partial charge in [0.2, 0.25) is 5.91 Å². The monoisotopic (exact) mass is 665 g/mol. The third-order valence-corrected chi connectivity index (χ3v) is 10.7. The number of amides is 1. The van der Waals surface area contributed by atoms with Gasteiger partial charge < -0.3 is 20.3 Å². The Hall–Kier alpha value is -4.05. The van der Waals surface area contributed by atoms with Crippen LogP contribution in [0.2, 0.25) is 5.02 Å². The van der Waals surface area contributed by atoms with Gasteiger partial charge in [-0.2, -0.15) is 15.2 Å². The third kappa shape index (κ3) is 5.30. The molecule has 13 heteroatoms. The zero-order valence-electron chi connectivity index (χ0n) is 25.8. The summed E-state index contributed by atoms with van der Waals surface area (Å²) in [6.07, 6.45) is 4.00. The molecule has 0 spiro atoms. The van der Waals surface area contributed by atoms with Crippen molar-refractivity contribution in [2.45, 2.75) is 51.2 Å². The highest BCUT2D eigenvalue weighted by molar-refractivity contribution is 7.23. The first-order valence-corrected chi connectivity index (χ1v) is 16.4. The van der Waals surface area contributed by atoms with Crippen molar-refractivity contribution in [3.63, 3.8) is 0 Å². The van der Waals surface area contributed by atoms with E-state index in [0.717, 1.165) is 37.3 Å². The summed E-state index contributed by atoms with van der Waals surface area (Å²) in [4.78, 5) is 27.8. The van der Waals surface area contributed by atoms with Crippen molar-refractivity contribution in [2.24, 2.45) is 0 Å². The fourth-order valence-electron chi connectivity index (χ4n) is 6.95. The predicted octanol–water partition coefficient (Wildman–Crippen LogP) is 6.37. The molecule has 2 aliphatic rings. The number of nitrogen functional groups attached to an aromatic ring is 1. The molecule has 240 valence electrons. The van der Waals surface area contributed by atoms with Crippen LogP contribution in [0.15, 0.2) is 30.9 Å². The van der Waals surface area contributed by atoms with Crippen LogP contribution < -0.4 is 15.4 Å². The Kier molecular flexibility index (Phi) is 8.76. The summed E-state index contributed by atoms with van der Waals surface area (Å²) < 4.78 is 38.1. The van der Waals surface area contributed by atoms with Crippen molar-refractivity contribution in [2.75, 3.05) is 43.9 Å². The van der Waals surface area contributed by atoms with Gasteiger partial charge in [-0.1, -0.05) is 31.2 Å². The van der Waals surface area contributed by atoms with Crippen molar-refractivity contribution in [1.82, 2.24) is 19.8 Å². The molecular weight excluding hydrogens is 632 g/mol. The van der Waals surface area contributed by atoms with Crippen LogP contribution in [0.25, 0.3) is 32.1 Å². The van der Waals surface area contributed by atoms with Crippen LogP contribution >= 0.6 is 22.9 Å². The molecule has 4 heterocycles. The maximum atomic E-state index is 16.9. The van der Waals surface area contributed by atoms with Crippen molar-refractivity contribution in [3.05, 3.63) is 53.1 Å². The number of rotatable bonds is 8. The molecule has 2 saturated heterocycles. The van der Waals surface area contributed by atoms with Crippen molar-refractivity contribution in [3.8, 4) is 23.2 Å². The Morgan fingerprint density at radius 1 is 1.33 bits per heavy atom. The summed E-state index contributed by atoms with van der Waals surface area (Å²) in [5, 5.41) is 10.5. The number of fused-ring (bicyclic) bond motifs is 2. The van der Waals surface area contributed by atoms with Crippen LogP contribution in [-0.2, 0) is 4.79 Å². The number of carbonyl (C=O) groups excluding carboxylic acids is 1. The number of ether oxygens (including phenoxy) is 1. The Balaban J connectivity index is 1.52. The van der Waals surface area contributed by atoms with Crippen molar-refractivity contribution < 1.29 is 18.3 Å². The molecule has 2 N–H and O–H groups in total. The SMILES string of the molecule is C=CC(=O)N1CCC(N(C)c2nc(OCC3CCCN3CC)nc3c(F)c(-c4ccc(F)c5sc(N)c(C#N)c45)c(Cl)cc23)C1C. The summed E-state index contributed by atoms with van der Waals surface area (Å²) >= 11 is 7.76. The molecule has 0 saturated carbocycles. The third-order valence-electron chi connectivity index (χ3n) is 9.36. The lowest BCUT2D eigenvalue weighted by Gasteiger charge is -2.32. The van der Waals surface area contributed by atoms with E-state index in [2.05, 4.69) is 23.4 Å². The first-order valence-electron chi connectivity index (χ1n) is 15.2. The number of aromatic nitrogens is 2. The summed E-state index contributed by atoms with van der Waals surface area (Å²) in [5.74, 6) is -1.09. The quantitative estimate of drug-likeness (QED) is 0.216. The smallest absolute Gasteiger partial charge is 0.319 e. The van der Waals surface area contributed by atoms with Crippen LogP contribution in [0, 0.1) is 23.0 Å². The number of likely N-dealkylation sites (N-methyl/N-ethyl adjacent to an activating group) is 2. The Bertz CT molecular complexity index is 1910. The first kappa shape index (κ1) is 31.9. The minimum Gasteiger partial charge on any atom is -0.462 e. The summed E-state index contributed by atoms with van der Waals surface area (Å²) in [6, 6.07) is 6.10. The van der Waals surface area contributed by atoms with Crippen LogP contribution in [0.3, 0.4) is 0 Å². The molecule has 2 aromatic heterocycles. The molecule has 4 aromatic rings. The molecule has 0 aliphatic carbocycles. The molecule has 3 unspecified atom stereocenters. The lowest BCUT2D eigenvalue weighted by atomic mass is 9.97. The van der Waals surface area contributed by atoms with E-state index in [0.29, 0.717) is 30.8 Å². The minimum atomic E-state index is -0.759. The van der Waals surface area contributed by atoms with E-state index in [4.69, 9.17) is 27.1 Å². The van der Waals surface area contributed by atoms with Gasteiger partial charge in [0.1, 0.15) is 34.8 Å². The number of likely N-dealkylation sites (tertiary alicyclic amines) is 2. The number of hydrogen-bond acceptors (Lipinski definition) is 9. The van der Waals surface area contributed by atoms with E-state index in [1.165, 1.54) is 18.2 Å². The molecule has 1 amide bonds. The van der Waals surface area contributed by atoms with Gasteiger partial charge in [-0.05, 0) is 63.0 Å². The number of nitrogens with zero attached hydrogens (tertiary/aromatic N) is 6. The van der Waals surface area contributed by atoms with Gasteiger partial charge in [-0.3, -0.25) is 9.69 Å². The van der Waals surface area contributed by atoms with Crippen LogP contribution in [0.4, 0.5) is 19.6 Å². The Morgan fingerprint density at radius 2 is 2.11 bits per heavy atom. The van der Waals surface area contributed by atoms with E-state index < -0.39 is 11.6 Å². The van der Waals surface area contributed by atoms with Gasteiger partial charge in [-0.25, -0.2) is 8.78 Å².